The number of Topliss-reactive ketones (excluding diaryl/α,β-unsaturated/α-hetero) is 1. The Labute approximate surface area is 167 Å². The lowest BCUT2D eigenvalue weighted by Gasteiger charge is -2.32. The maximum atomic E-state index is 12.9. The second kappa shape index (κ2) is 7.16. The monoisotopic (exact) mass is 398 g/mol. The molecule has 1 N–H and O–H groups in total. The number of anilines is 1. The summed E-state index contributed by atoms with van der Waals surface area (Å²) in [5, 5.41) is 8.78. The van der Waals surface area contributed by atoms with Gasteiger partial charge in [-0.15, -0.1) is 5.10 Å². The topological polar surface area (TPSA) is 78.3 Å². The number of rotatable bonds is 3. The highest BCUT2D eigenvalue weighted by Gasteiger charge is 2.37. The molecule has 8 heteroatoms. The summed E-state index contributed by atoms with van der Waals surface area (Å²) < 4.78 is 13.5. The molecule has 0 spiro atoms. The third-order valence-electron chi connectivity index (χ3n) is 5.21. The first-order chi connectivity index (χ1) is 13.7. The van der Waals surface area contributed by atoms with Gasteiger partial charge >= 0.3 is 0 Å². The van der Waals surface area contributed by atoms with Crippen LogP contribution in [0.25, 0.3) is 0 Å². The lowest BCUT2D eigenvalue weighted by molar-refractivity contribution is -0.116. The van der Waals surface area contributed by atoms with E-state index in [1.165, 1.54) is 0 Å². The molecule has 0 saturated heterocycles. The van der Waals surface area contributed by atoms with E-state index in [0.717, 1.165) is 58.5 Å². The van der Waals surface area contributed by atoms with Crippen molar-refractivity contribution in [2.24, 2.45) is 0 Å². The second-order valence-corrected chi connectivity index (χ2v) is 8.28. The molecule has 28 heavy (non-hydrogen) atoms. The molecular weight excluding hydrogens is 376 g/mol. The summed E-state index contributed by atoms with van der Waals surface area (Å²) in [7, 11) is 0. The molecule has 1 aromatic carbocycles. The third kappa shape index (κ3) is 2.96. The van der Waals surface area contributed by atoms with Crippen molar-refractivity contribution in [1.29, 1.82) is 0 Å². The molecule has 0 radical (unpaired) electrons. The van der Waals surface area contributed by atoms with Gasteiger partial charge in [-0.05, 0) is 36.3 Å². The summed E-state index contributed by atoms with van der Waals surface area (Å²) in [6, 6.07) is 5.63. The number of allylic oxidation sites excluding steroid dienone is 2. The smallest absolute Gasteiger partial charge is 0.227 e. The van der Waals surface area contributed by atoms with Crippen LogP contribution in [-0.4, -0.2) is 39.5 Å². The number of ether oxygens (including phenoxy) is 2. The van der Waals surface area contributed by atoms with Crippen molar-refractivity contribution in [2.45, 2.75) is 43.8 Å². The van der Waals surface area contributed by atoms with Gasteiger partial charge in [0.15, 0.2) is 17.3 Å². The summed E-state index contributed by atoms with van der Waals surface area (Å²) in [5.74, 6) is 3.24. The van der Waals surface area contributed by atoms with Crippen molar-refractivity contribution in [3.63, 3.8) is 0 Å². The first-order valence-corrected chi connectivity index (χ1v) is 10.8. The zero-order valence-electron chi connectivity index (χ0n) is 15.7. The largest absolute Gasteiger partial charge is 0.490 e. The maximum Gasteiger partial charge on any atom is 0.227 e. The standard InChI is InChI=1S/C20H22N4O3S/c1-2-28-20-22-19-21-13-5-3-6-14(25)17(13)18(24(19)23-20)12-7-8-15-16(11-12)27-10-4-9-26-15/h7-8,11,18H,2-6,9-10H2,1H3,(H,21,22,23). The molecule has 2 aliphatic heterocycles. The predicted octanol–water partition coefficient (Wildman–Crippen LogP) is 3.57. The summed E-state index contributed by atoms with van der Waals surface area (Å²) in [6.07, 6.45) is 3.15. The zero-order chi connectivity index (χ0) is 19.1. The number of benzene rings is 1. The second-order valence-electron chi connectivity index (χ2n) is 7.05. The molecule has 0 fully saturated rings. The number of nitrogens with zero attached hydrogens (tertiary/aromatic N) is 3. The lowest BCUT2D eigenvalue weighted by atomic mass is 9.85. The Bertz CT molecular complexity index is 968. The van der Waals surface area contributed by atoms with E-state index in [2.05, 4.69) is 17.2 Å². The van der Waals surface area contributed by atoms with E-state index in [1.54, 1.807) is 11.8 Å². The van der Waals surface area contributed by atoms with E-state index in [1.807, 2.05) is 22.9 Å². The average molecular weight is 398 g/mol. The van der Waals surface area contributed by atoms with Crippen LogP contribution in [0.3, 0.4) is 0 Å². The van der Waals surface area contributed by atoms with Gasteiger partial charge in [0.25, 0.3) is 0 Å². The normalized spacial score (nSPS) is 20.9. The highest BCUT2D eigenvalue weighted by atomic mass is 32.2. The Morgan fingerprint density at radius 2 is 2.07 bits per heavy atom. The quantitative estimate of drug-likeness (QED) is 0.792. The van der Waals surface area contributed by atoms with Crippen LogP contribution in [0.5, 0.6) is 11.5 Å². The molecule has 1 aliphatic carbocycles. The average Bonchev–Trinajstić information content (AvgIpc) is 2.94. The van der Waals surface area contributed by atoms with Crippen molar-refractivity contribution in [3.8, 4) is 11.5 Å². The fourth-order valence-corrected chi connectivity index (χ4v) is 4.54. The van der Waals surface area contributed by atoms with Crippen LogP contribution in [0.15, 0.2) is 34.6 Å². The molecule has 0 bridgehead atoms. The van der Waals surface area contributed by atoms with Crippen LogP contribution in [-0.2, 0) is 4.79 Å². The summed E-state index contributed by atoms with van der Waals surface area (Å²) in [6.45, 7) is 3.35. The summed E-state index contributed by atoms with van der Waals surface area (Å²) in [4.78, 5) is 17.5. The molecule has 0 saturated carbocycles. The van der Waals surface area contributed by atoms with Gasteiger partial charge in [0.05, 0.1) is 13.2 Å². The van der Waals surface area contributed by atoms with E-state index in [4.69, 9.17) is 14.6 Å². The van der Waals surface area contributed by atoms with Crippen molar-refractivity contribution in [2.75, 3.05) is 24.3 Å². The van der Waals surface area contributed by atoms with Gasteiger partial charge in [-0.1, -0.05) is 24.8 Å². The number of nitrogens with one attached hydrogen (secondary N) is 1. The number of thioether (sulfide) groups is 1. The number of fused-ring (bicyclic) bond motifs is 2. The summed E-state index contributed by atoms with van der Waals surface area (Å²) in [5.41, 5.74) is 2.74. The minimum absolute atomic E-state index is 0.178. The van der Waals surface area contributed by atoms with E-state index in [9.17, 15) is 4.79 Å². The first-order valence-electron chi connectivity index (χ1n) is 9.76. The van der Waals surface area contributed by atoms with E-state index in [0.29, 0.717) is 25.6 Å². The Kier molecular flexibility index (Phi) is 4.50. The molecule has 1 unspecified atom stereocenters. The van der Waals surface area contributed by atoms with Crippen molar-refractivity contribution in [3.05, 3.63) is 35.0 Å². The Balaban J connectivity index is 1.64. The number of hydrogen-bond donors (Lipinski definition) is 1. The highest BCUT2D eigenvalue weighted by Crippen LogP contribution is 2.42. The van der Waals surface area contributed by atoms with Gasteiger partial charge < -0.3 is 14.8 Å². The van der Waals surface area contributed by atoms with Crippen LogP contribution >= 0.6 is 11.8 Å². The van der Waals surface area contributed by atoms with Crippen molar-refractivity contribution >= 4 is 23.5 Å². The van der Waals surface area contributed by atoms with Crippen LogP contribution in [0.4, 0.5) is 5.95 Å². The lowest BCUT2D eigenvalue weighted by Crippen LogP contribution is -2.31. The van der Waals surface area contributed by atoms with Gasteiger partial charge in [-0.2, -0.15) is 4.98 Å². The van der Waals surface area contributed by atoms with Crippen molar-refractivity contribution < 1.29 is 14.3 Å². The minimum Gasteiger partial charge on any atom is -0.490 e. The van der Waals surface area contributed by atoms with Gasteiger partial charge in [0, 0.05) is 24.1 Å². The Morgan fingerprint density at radius 1 is 1.21 bits per heavy atom. The highest BCUT2D eigenvalue weighted by molar-refractivity contribution is 7.99. The molecule has 5 rings (SSSR count). The van der Waals surface area contributed by atoms with Gasteiger partial charge in [0.2, 0.25) is 11.1 Å². The van der Waals surface area contributed by atoms with Crippen molar-refractivity contribution in [1.82, 2.24) is 14.8 Å². The minimum atomic E-state index is -0.296. The Hall–Kier alpha value is -2.48. The molecule has 1 atom stereocenters. The molecule has 146 valence electrons. The predicted molar refractivity (Wildman–Crippen MR) is 106 cm³/mol. The van der Waals surface area contributed by atoms with Crippen LogP contribution < -0.4 is 14.8 Å². The number of aromatic nitrogens is 3. The molecule has 3 aliphatic rings. The molecule has 7 nitrogen and oxygen atoms in total. The fourth-order valence-electron chi connectivity index (χ4n) is 3.98. The number of carbonyl (C=O) groups excluding carboxylic acids is 1. The number of hydrogen-bond acceptors (Lipinski definition) is 7. The zero-order valence-corrected chi connectivity index (χ0v) is 16.6. The van der Waals surface area contributed by atoms with Gasteiger partial charge in [-0.3, -0.25) is 4.79 Å². The molecule has 0 amide bonds. The van der Waals surface area contributed by atoms with Crippen LogP contribution in [0, 0.1) is 0 Å². The molecular formula is C20H22N4O3S. The molecule has 1 aromatic heterocycles. The number of ketones is 1. The van der Waals surface area contributed by atoms with Crippen LogP contribution in [0.2, 0.25) is 0 Å². The van der Waals surface area contributed by atoms with Crippen LogP contribution in [0.1, 0.15) is 44.2 Å². The van der Waals surface area contributed by atoms with Gasteiger partial charge in [-0.25, -0.2) is 4.68 Å². The van der Waals surface area contributed by atoms with E-state index >= 15 is 0 Å². The Morgan fingerprint density at radius 3 is 2.93 bits per heavy atom. The van der Waals surface area contributed by atoms with E-state index in [-0.39, 0.29) is 11.8 Å². The SMILES string of the molecule is CCSc1nc2n(n1)C(c1ccc3c(c1)OCCCO3)C1=C(CCCC1=O)N2. The maximum absolute atomic E-state index is 12.9. The molecule has 2 aromatic rings. The van der Waals surface area contributed by atoms with Gasteiger partial charge in [0.1, 0.15) is 6.04 Å². The summed E-state index contributed by atoms with van der Waals surface area (Å²) >= 11 is 1.59. The third-order valence-corrected chi connectivity index (χ3v) is 5.93. The fraction of sp³-hybridized carbons (Fsp3) is 0.450. The van der Waals surface area contributed by atoms with E-state index < -0.39 is 0 Å². The first kappa shape index (κ1) is 17.6. The number of carbonyl (C=O) groups is 1. The molecule has 3 heterocycles.